The molecule has 0 saturated heterocycles. The Morgan fingerprint density at radius 2 is 1.75 bits per heavy atom. The molecule has 0 heterocycles. The summed E-state index contributed by atoms with van der Waals surface area (Å²) in [5.41, 5.74) is 0.397. The molecule has 4 rings (SSSR count). The van der Waals surface area contributed by atoms with E-state index in [9.17, 15) is 9.59 Å². The Balaban J connectivity index is 1.60. The largest absolute Gasteiger partial charge is 0.462 e. The Morgan fingerprint density at radius 3 is 2.50 bits per heavy atom. The first-order chi connectivity index (χ1) is 11.3. The SMILES string of the molecule is CC(=O)O[C@@H]1CC[C@@H]2[C@@H]3CC[C@H]4CCC(=O)C[C@]4(C)[C@H]3CC[C@@]21C. The second kappa shape index (κ2) is 5.57. The number of rotatable bonds is 1. The number of hydrogen-bond donors (Lipinski definition) is 0. The van der Waals surface area contributed by atoms with Crippen LogP contribution in [0, 0.1) is 34.5 Å². The first-order valence-corrected chi connectivity index (χ1v) is 10.0. The van der Waals surface area contributed by atoms with Gasteiger partial charge in [0.1, 0.15) is 11.9 Å². The maximum absolute atomic E-state index is 12.2. The van der Waals surface area contributed by atoms with E-state index in [4.69, 9.17) is 4.74 Å². The highest BCUT2D eigenvalue weighted by Gasteiger charge is 2.61. The van der Waals surface area contributed by atoms with Gasteiger partial charge in [-0.15, -0.1) is 0 Å². The molecule has 0 spiro atoms. The van der Waals surface area contributed by atoms with Gasteiger partial charge in [-0.1, -0.05) is 13.8 Å². The molecular weight excluding hydrogens is 300 g/mol. The van der Waals surface area contributed by atoms with Crippen molar-refractivity contribution in [1.82, 2.24) is 0 Å². The van der Waals surface area contributed by atoms with Gasteiger partial charge in [0.15, 0.2) is 0 Å². The molecule has 134 valence electrons. The molecule has 0 aromatic carbocycles. The van der Waals surface area contributed by atoms with Gasteiger partial charge in [0.25, 0.3) is 0 Å². The molecule has 3 nitrogen and oxygen atoms in total. The highest BCUT2D eigenvalue weighted by atomic mass is 16.5. The minimum atomic E-state index is -0.127. The summed E-state index contributed by atoms with van der Waals surface area (Å²) in [5.74, 6) is 3.23. The van der Waals surface area contributed by atoms with Crippen molar-refractivity contribution in [1.29, 1.82) is 0 Å². The van der Waals surface area contributed by atoms with Gasteiger partial charge in [-0.3, -0.25) is 9.59 Å². The summed E-state index contributed by atoms with van der Waals surface area (Å²) in [7, 11) is 0. The zero-order chi connectivity index (χ0) is 17.1. The fraction of sp³-hybridized carbons (Fsp3) is 0.905. The average molecular weight is 332 g/mol. The lowest BCUT2D eigenvalue weighted by Crippen LogP contribution is -2.54. The van der Waals surface area contributed by atoms with Crippen LogP contribution in [-0.4, -0.2) is 17.9 Å². The first-order valence-electron chi connectivity index (χ1n) is 10.0. The second-order valence-electron chi connectivity index (χ2n) is 9.63. The van der Waals surface area contributed by atoms with Crippen LogP contribution in [0.1, 0.15) is 78.6 Å². The van der Waals surface area contributed by atoms with Gasteiger partial charge < -0.3 is 4.74 Å². The summed E-state index contributed by atoms with van der Waals surface area (Å²) in [6, 6.07) is 0. The van der Waals surface area contributed by atoms with Crippen LogP contribution in [0.25, 0.3) is 0 Å². The molecule has 4 fully saturated rings. The maximum Gasteiger partial charge on any atom is 0.302 e. The van der Waals surface area contributed by atoms with E-state index in [1.165, 1.54) is 25.7 Å². The number of carbonyl (C=O) groups is 2. The predicted molar refractivity (Wildman–Crippen MR) is 92.3 cm³/mol. The van der Waals surface area contributed by atoms with Crippen LogP contribution in [0.2, 0.25) is 0 Å². The second-order valence-corrected chi connectivity index (χ2v) is 9.63. The molecule has 0 N–H and O–H groups in total. The van der Waals surface area contributed by atoms with E-state index < -0.39 is 0 Å². The number of Topliss-reactive ketones (excluding diaryl/α,β-unsaturated/α-hetero) is 1. The Labute approximate surface area is 145 Å². The van der Waals surface area contributed by atoms with E-state index in [1.54, 1.807) is 6.92 Å². The van der Waals surface area contributed by atoms with E-state index in [0.717, 1.165) is 43.9 Å². The van der Waals surface area contributed by atoms with Gasteiger partial charge in [0.05, 0.1) is 0 Å². The molecular formula is C21H32O3. The third-order valence-corrected chi connectivity index (χ3v) is 8.64. The highest BCUT2D eigenvalue weighted by Crippen LogP contribution is 2.66. The van der Waals surface area contributed by atoms with Crippen LogP contribution in [0.3, 0.4) is 0 Å². The van der Waals surface area contributed by atoms with Crippen molar-refractivity contribution >= 4 is 11.8 Å². The van der Waals surface area contributed by atoms with Gasteiger partial charge in [-0.2, -0.15) is 0 Å². The zero-order valence-corrected chi connectivity index (χ0v) is 15.5. The number of esters is 1. The fourth-order valence-electron chi connectivity index (χ4n) is 7.48. The van der Waals surface area contributed by atoms with Crippen LogP contribution < -0.4 is 0 Å². The summed E-state index contributed by atoms with van der Waals surface area (Å²) in [6.45, 7) is 6.34. The third-order valence-electron chi connectivity index (χ3n) is 8.64. The molecule has 4 aliphatic rings. The summed E-state index contributed by atoms with van der Waals surface area (Å²) >= 11 is 0. The minimum Gasteiger partial charge on any atom is -0.462 e. The van der Waals surface area contributed by atoms with Gasteiger partial charge in [-0.25, -0.2) is 0 Å². The Bertz CT molecular complexity index is 555. The quantitative estimate of drug-likeness (QED) is 0.663. The molecule has 4 saturated carbocycles. The number of hydrogen-bond acceptors (Lipinski definition) is 3. The number of fused-ring (bicyclic) bond motifs is 5. The Kier molecular flexibility index (Phi) is 3.85. The first kappa shape index (κ1) is 16.6. The summed E-state index contributed by atoms with van der Waals surface area (Å²) in [6.07, 6.45) is 10.1. The van der Waals surface area contributed by atoms with Crippen molar-refractivity contribution in [2.45, 2.75) is 84.7 Å². The molecule has 0 bridgehead atoms. The Hall–Kier alpha value is -0.860. The lowest BCUT2D eigenvalue weighted by molar-refractivity contribution is -0.163. The minimum absolute atomic E-state index is 0.111. The van der Waals surface area contributed by atoms with Gasteiger partial charge >= 0.3 is 5.97 Å². The summed E-state index contributed by atoms with van der Waals surface area (Å²) in [4.78, 5) is 23.7. The van der Waals surface area contributed by atoms with E-state index in [-0.39, 0.29) is 22.9 Å². The fourth-order valence-corrected chi connectivity index (χ4v) is 7.48. The predicted octanol–water partition coefficient (Wildman–Crippen LogP) is 4.53. The Morgan fingerprint density at radius 1 is 1.00 bits per heavy atom. The average Bonchev–Trinajstić information content (AvgIpc) is 2.82. The van der Waals surface area contributed by atoms with E-state index in [2.05, 4.69) is 13.8 Å². The van der Waals surface area contributed by atoms with E-state index in [0.29, 0.717) is 17.6 Å². The van der Waals surface area contributed by atoms with Crippen molar-refractivity contribution < 1.29 is 14.3 Å². The molecule has 0 aliphatic heterocycles. The maximum atomic E-state index is 12.2. The molecule has 4 aliphatic carbocycles. The van der Waals surface area contributed by atoms with Crippen LogP contribution in [0.4, 0.5) is 0 Å². The topological polar surface area (TPSA) is 43.4 Å². The number of carbonyl (C=O) groups excluding carboxylic acids is 2. The number of ether oxygens (including phenoxy) is 1. The van der Waals surface area contributed by atoms with Crippen molar-refractivity contribution in [2.24, 2.45) is 34.5 Å². The standard InChI is InChI=1S/C21H32O3/c1-13(22)24-19-9-8-17-16-7-5-14-4-6-15(23)12-21(14,3)18(16)10-11-20(17,19)2/h14,16-19H,4-12H2,1-3H3/t14-,16+,17-,18+,19-,20+,21+/m1/s1. The van der Waals surface area contributed by atoms with Crippen LogP contribution in [0.15, 0.2) is 0 Å². The van der Waals surface area contributed by atoms with E-state index >= 15 is 0 Å². The molecule has 3 heteroatoms. The summed E-state index contributed by atoms with van der Waals surface area (Å²) < 4.78 is 5.72. The molecule has 0 aromatic rings. The molecule has 0 radical (unpaired) electrons. The van der Waals surface area contributed by atoms with Gasteiger partial charge in [0, 0.05) is 25.2 Å². The molecule has 0 unspecified atom stereocenters. The molecule has 0 amide bonds. The van der Waals surface area contributed by atoms with Crippen molar-refractivity contribution in [3.05, 3.63) is 0 Å². The van der Waals surface area contributed by atoms with Crippen LogP contribution in [0.5, 0.6) is 0 Å². The third kappa shape index (κ3) is 2.29. The number of ketones is 1. The monoisotopic (exact) mass is 332 g/mol. The lowest BCUT2D eigenvalue weighted by atomic mass is 9.45. The van der Waals surface area contributed by atoms with Crippen molar-refractivity contribution in [3.8, 4) is 0 Å². The molecule has 24 heavy (non-hydrogen) atoms. The summed E-state index contributed by atoms with van der Waals surface area (Å²) in [5, 5.41) is 0. The lowest BCUT2D eigenvalue weighted by Gasteiger charge is -2.59. The smallest absolute Gasteiger partial charge is 0.302 e. The van der Waals surface area contributed by atoms with Gasteiger partial charge in [0.2, 0.25) is 0 Å². The van der Waals surface area contributed by atoms with E-state index in [1.807, 2.05) is 0 Å². The highest BCUT2D eigenvalue weighted by molar-refractivity contribution is 5.80. The normalized spacial score (nSPS) is 50.6. The zero-order valence-electron chi connectivity index (χ0n) is 15.5. The molecule has 7 atom stereocenters. The van der Waals surface area contributed by atoms with Crippen LogP contribution in [-0.2, 0) is 14.3 Å². The molecule has 0 aromatic heterocycles. The van der Waals surface area contributed by atoms with Crippen molar-refractivity contribution in [2.75, 3.05) is 0 Å². The van der Waals surface area contributed by atoms with Gasteiger partial charge in [-0.05, 0) is 74.0 Å². The van der Waals surface area contributed by atoms with Crippen molar-refractivity contribution in [3.63, 3.8) is 0 Å². The van der Waals surface area contributed by atoms with Crippen LogP contribution >= 0.6 is 0 Å².